The molecule has 0 bridgehead atoms. The fraction of sp³-hybridized carbons (Fsp3) is 0.304. The molecule has 28 heavy (non-hydrogen) atoms. The highest BCUT2D eigenvalue weighted by Gasteiger charge is 2.18. The SMILES string of the molecule is C=C(C)C(=O)NC(C)c1nc2ccccc2n1CCOc1ccc(CC)cc1. The van der Waals surface area contributed by atoms with Crippen molar-refractivity contribution in [3.63, 3.8) is 0 Å². The van der Waals surface area contributed by atoms with Crippen LogP contribution in [0.2, 0.25) is 0 Å². The molecule has 1 aromatic heterocycles. The minimum Gasteiger partial charge on any atom is -0.492 e. The Labute approximate surface area is 166 Å². The van der Waals surface area contributed by atoms with Crippen LogP contribution < -0.4 is 10.1 Å². The zero-order chi connectivity index (χ0) is 20.1. The van der Waals surface area contributed by atoms with Crippen LogP contribution in [0, 0.1) is 0 Å². The number of nitrogens with zero attached hydrogens (tertiary/aromatic N) is 2. The molecule has 0 spiro atoms. The molecule has 5 nitrogen and oxygen atoms in total. The molecular weight excluding hydrogens is 350 g/mol. The van der Waals surface area contributed by atoms with Crippen molar-refractivity contribution in [2.24, 2.45) is 0 Å². The minimum atomic E-state index is -0.236. The van der Waals surface area contributed by atoms with Crippen molar-refractivity contribution in [2.45, 2.75) is 39.8 Å². The summed E-state index contributed by atoms with van der Waals surface area (Å²) in [5, 5.41) is 2.96. The fourth-order valence-corrected chi connectivity index (χ4v) is 3.12. The Bertz CT molecular complexity index is 973. The van der Waals surface area contributed by atoms with Crippen molar-refractivity contribution in [1.29, 1.82) is 0 Å². The maximum atomic E-state index is 12.0. The average molecular weight is 377 g/mol. The Hall–Kier alpha value is -3.08. The zero-order valence-corrected chi connectivity index (χ0v) is 16.7. The third-order valence-corrected chi connectivity index (χ3v) is 4.72. The van der Waals surface area contributed by atoms with E-state index in [4.69, 9.17) is 9.72 Å². The minimum absolute atomic E-state index is 0.168. The first kappa shape index (κ1) is 19.7. The van der Waals surface area contributed by atoms with Gasteiger partial charge in [-0.1, -0.05) is 37.8 Å². The lowest BCUT2D eigenvalue weighted by Gasteiger charge is -2.17. The number of rotatable bonds is 8. The quantitative estimate of drug-likeness (QED) is 0.591. The summed E-state index contributed by atoms with van der Waals surface area (Å²) in [6, 6.07) is 15.9. The monoisotopic (exact) mass is 377 g/mol. The Kier molecular flexibility index (Phi) is 6.14. The molecule has 1 atom stereocenters. The number of nitrogens with one attached hydrogen (secondary N) is 1. The van der Waals surface area contributed by atoms with E-state index in [1.165, 1.54) is 5.56 Å². The van der Waals surface area contributed by atoms with Gasteiger partial charge in [0.1, 0.15) is 18.2 Å². The molecule has 0 fully saturated rings. The van der Waals surface area contributed by atoms with Gasteiger partial charge in [-0.25, -0.2) is 4.98 Å². The normalized spacial score (nSPS) is 12.0. The van der Waals surface area contributed by atoms with E-state index in [1.54, 1.807) is 6.92 Å². The Balaban J connectivity index is 1.78. The highest BCUT2D eigenvalue weighted by Crippen LogP contribution is 2.21. The lowest BCUT2D eigenvalue weighted by atomic mass is 10.2. The van der Waals surface area contributed by atoms with Gasteiger partial charge in [-0.15, -0.1) is 0 Å². The van der Waals surface area contributed by atoms with Crippen LogP contribution in [0.1, 0.15) is 38.2 Å². The molecule has 0 saturated heterocycles. The van der Waals surface area contributed by atoms with Crippen molar-refractivity contribution in [3.8, 4) is 5.75 Å². The van der Waals surface area contributed by atoms with Crippen LogP contribution in [0.4, 0.5) is 0 Å². The number of aryl methyl sites for hydroxylation is 1. The van der Waals surface area contributed by atoms with Gasteiger partial charge in [0.25, 0.3) is 0 Å². The fourth-order valence-electron chi connectivity index (χ4n) is 3.12. The van der Waals surface area contributed by atoms with E-state index in [-0.39, 0.29) is 11.9 Å². The van der Waals surface area contributed by atoms with Crippen molar-refractivity contribution >= 4 is 16.9 Å². The maximum Gasteiger partial charge on any atom is 0.246 e. The summed E-state index contributed by atoms with van der Waals surface area (Å²) in [5.41, 5.74) is 3.70. The van der Waals surface area contributed by atoms with Crippen LogP contribution in [0.25, 0.3) is 11.0 Å². The summed E-state index contributed by atoms with van der Waals surface area (Å²) in [6.45, 7) is 10.6. The molecule has 1 unspecified atom stereocenters. The predicted molar refractivity (Wildman–Crippen MR) is 112 cm³/mol. The summed E-state index contributed by atoms with van der Waals surface area (Å²) in [7, 11) is 0. The maximum absolute atomic E-state index is 12.0. The highest BCUT2D eigenvalue weighted by atomic mass is 16.5. The molecule has 0 radical (unpaired) electrons. The topological polar surface area (TPSA) is 56.2 Å². The number of fused-ring (bicyclic) bond motifs is 1. The third kappa shape index (κ3) is 4.42. The lowest BCUT2D eigenvalue weighted by Crippen LogP contribution is -2.29. The van der Waals surface area contributed by atoms with Gasteiger partial charge in [-0.05, 0) is 50.1 Å². The Morgan fingerprint density at radius 3 is 2.61 bits per heavy atom. The highest BCUT2D eigenvalue weighted by molar-refractivity contribution is 5.92. The largest absolute Gasteiger partial charge is 0.492 e. The standard InChI is InChI=1S/C23H27N3O2/c1-5-18-10-12-19(13-11-18)28-15-14-26-21-9-7-6-8-20(21)25-22(26)17(4)24-23(27)16(2)3/h6-13,17H,2,5,14-15H2,1,3-4H3,(H,24,27). The van der Waals surface area contributed by atoms with Crippen LogP contribution in [-0.4, -0.2) is 22.1 Å². The van der Waals surface area contributed by atoms with Crippen molar-refractivity contribution < 1.29 is 9.53 Å². The summed E-state index contributed by atoms with van der Waals surface area (Å²) in [5.74, 6) is 1.49. The average Bonchev–Trinajstić information content (AvgIpc) is 3.07. The van der Waals surface area contributed by atoms with Gasteiger partial charge >= 0.3 is 0 Å². The van der Waals surface area contributed by atoms with Crippen molar-refractivity contribution in [2.75, 3.05) is 6.61 Å². The molecule has 2 aromatic carbocycles. The van der Waals surface area contributed by atoms with Gasteiger partial charge in [0, 0.05) is 5.57 Å². The van der Waals surface area contributed by atoms with Gasteiger partial charge in [-0.2, -0.15) is 0 Å². The summed E-state index contributed by atoms with van der Waals surface area (Å²) in [6.07, 6.45) is 1.01. The molecule has 1 heterocycles. The zero-order valence-electron chi connectivity index (χ0n) is 16.7. The van der Waals surface area contributed by atoms with Gasteiger partial charge in [0.15, 0.2) is 0 Å². The Morgan fingerprint density at radius 2 is 1.93 bits per heavy atom. The second kappa shape index (κ2) is 8.74. The third-order valence-electron chi connectivity index (χ3n) is 4.72. The molecular formula is C23H27N3O2. The van der Waals surface area contributed by atoms with E-state index in [0.717, 1.165) is 29.0 Å². The van der Waals surface area contributed by atoms with E-state index in [9.17, 15) is 4.79 Å². The van der Waals surface area contributed by atoms with E-state index < -0.39 is 0 Å². The van der Waals surface area contributed by atoms with Crippen LogP contribution in [0.5, 0.6) is 5.75 Å². The molecule has 0 aliphatic heterocycles. The predicted octanol–water partition coefficient (Wildman–Crippen LogP) is 4.43. The summed E-state index contributed by atoms with van der Waals surface area (Å²) in [4.78, 5) is 16.8. The number of carbonyl (C=O) groups excluding carboxylic acids is 1. The molecule has 1 amide bonds. The second-order valence-electron chi connectivity index (χ2n) is 6.93. The van der Waals surface area contributed by atoms with Crippen molar-refractivity contribution in [3.05, 3.63) is 72.1 Å². The first-order valence-electron chi connectivity index (χ1n) is 9.63. The number of ether oxygens (including phenoxy) is 1. The molecule has 146 valence electrons. The number of hydrogen-bond acceptors (Lipinski definition) is 3. The van der Waals surface area contributed by atoms with Gasteiger partial charge in [-0.3, -0.25) is 4.79 Å². The van der Waals surface area contributed by atoms with Crippen LogP contribution >= 0.6 is 0 Å². The number of benzene rings is 2. The van der Waals surface area contributed by atoms with E-state index in [1.807, 2.05) is 43.3 Å². The van der Waals surface area contributed by atoms with Crippen molar-refractivity contribution in [1.82, 2.24) is 14.9 Å². The number of hydrogen-bond donors (Lipinski definition) is 1. The molecule has 0 aliphatic rings. The van der Waals surface area contributed by atoms with Crippen LogP contribution in [0.15, 0.2) is 60.7 Å². The first-order chi connectivity index (χ1) is 13.5. The first-order valence-corrected chi connectivity index (χ1v) is 9.63. The second-order valence-corrected chi connectivity index (χ2v) is 6.93. The molecule has 5 heteroatoms. The summed E-state index contributed by atoms with van der Waals surface area (Å²) < 4.78 is 8.04. The molecule has 3 aromatic rings. The Morgan fingerprint density at radius 1 is 1.21 bits per heavy atom. The number of aromatic nitrogens is 2. The molecule has 0 aliphatic carbocycles. The van der Waals surface area contributed by atoms with E-state index in [0.29, 0.717) is 18.7 Å². The molecule has 1 N–H and O–H groups in total. The number of para-hydroxylation sites is 2. The molecule has 0 saturated carbocycles. The van der Waals surface area contributed by atoms with Gasteiger partial charge in [0.05, 0.1) is 23.6 Å². The number of amides is 1. The summed E-state index contributed by atoms with van der Waals surface area (Å²) >= 11 is 0. The lowest BCUT2D eigenvalue weighted by molar-refractivity contribution is -0.118. The smallest absolute Gasteiger partial charge is 0.246 e. The van der Waals surface area contributed by atoms with Crippen LogP contribution in [-0.2, 0) is 17.8 Å². The van der Waals surface area contributed by atoms with Gasteiger partial charge < -0.3 is 14.6 Å². The number of carbonyl (C=O) groups is 1. The molecule has 3 rings (SSSR count). The van der Waals surface area contributed by atoms with E-state index >= 15 is 0 Å². The van der Waals surface area contributed by atoms with Crippen LogP contribution in [0.3, 0.4) is 0 Å². The van der Waals surface area contributed by atoms with E-state index in [2.05, 4.69) is 35.5 Å². The number of imidazole rings is 1. The van der Waals surface area contributed by atoms with Gasteiger partial charge in [0.2, 0.25) is 5.91 Å².